The summed E-state index contributed by atoms with van der Waals surface area (Å²) in [7, 11) is 0. The Labute approximate surface area is 109 Å². The van der Waals surface area contributed by atoms with Gasteiger partial charge in [-0.15, -0.1) is 0 Å². The number of halogens is 3. The lowest BCUT2D eigenvalue weighted by Gasteiger charge is -2.09. The molecule has 0 aromatic heterocycles. The molecule has 0 saturated heterocycles. The molecular weight excluding hydrogens is 259 g/mol. The maximum absolute atomic E-state index is 11.8. The maximum atomic E-state index is 11.8. The van der Waals surface area contributed by atoms with Crippen LogP contribution in [0, 0.1) is 13.8 Å². The minimum absolute atomic E-state index is 0.108. The summed E-state index contributed by atoms with van der Waals surface area (Å²) in [4.78, 5) is 11.5. The Balaban J connectivity index is 2.35. The highest BCUT2D eigenvalue weighted by molar-refractivity contribution is 5.90. The van der Waals surface area contributed by atoms with Crippen molar-refractivity contribution in [3.8, 4) is 0 Å². The Kier molecular flexibility index (Phi) is 5.35. The van der Waals surface area contributed by atoms with Gasteiger partial charge in [-0.1, -0.05) is 6.07 Å². The number of anilines is 1. The number of nitrogens with one attached hydrogen (secondary N) is 1. The molecule has 1 aromatic rings. The van der Waals surface area contributed by atoms with Crippen molar-refractivity contribution in [2.75, 3.05) is 18.5 Å². The summed E-state index contributed by atoms with van der Waals surface area (Å²) in [6.07, 6.45) is -4.47. The van der Waals surface area contributed by atoms with Crippen LogP contribution in [-0.4, -0.2) is 25.3 Å². The summed E-state index contributed by atoms with van der Waals surface area (Å²) >= 11 is 0. The van der Waals surface area contributed by atoms with E-state index in [1.54, 1.807) is 12.1 Å². The molecule has 0 aliphatic rings. The minimum Gasteiger partial charge on any atom is -0.372 e. The van der Waals surface area contributed by atoms with Crippen LogP contribution in [0.3, 0.4) is 0 Å². The molecule has 0 radical (unpaired) electrons. The molecule has 1 N–H and O–H groups in total. The first-order valence-electron chi connectivity index (χ1n) is 5.79. The third-order valence-corrected chi connectivity index (χ3v) is 2.24. The number of carbonyl (C=O) groups is 1. The third-order valence-electron chi connectivity index (χ3n) is 2.24. The van der Waals surface area contributed by atoms with Crippen molar-refractivity contribution in [3.05, 3.63) is 29.3 Å². The van der Waals surface area contributed by atoms with Gasteiger partial charge in [0.2, 0.25) is 5.91 Å². The average molecular weight is 275 g/mol. The fraction of sp³-hybridized carbons (Fsp3) is 0.462. The highest BCUT2D eigenvalue weighted by Crippen LogP contribution is 2.15. The van der Waals surface area contributed by atoms with Crippen LogP contribution in [0.5, 0.6) is 0 Å². The van der Waals surface area contributed by atoms with Gasteiger partial charge < -0.3 is 10.1 Å². The average Bonchev–Trinajstić information content (AvgIpc) is 2.21. The highest BCUT2D eigenvalue weighted by atomic mass is 19.4. The number of hydrogen-bond donors (Lipinski definition) is 1. The van der Waals surface area contributed by atoms with Crippen LogP contribution in [0.15, 0.2) is 18.2 Å². The fourth-order valence-electron chi connectivity index (χ4n) is 1.62. The molecule has 1 amide bonds. The van der Waals surface area contributed by atoms with Gasteiger partial charge in [-0.2, -0.15) is 13.2 Å². The molecular formula is C13H16F3NO2. The molecule has 0 saturated carbocycles. The molecule has 0 aliphatic heterocycles. The number of ether oxygens (including phenoxy) is 1. The number of rotatable bonds is 5. The van der Waals surface area contributed by atoms with Crippen LogP contribution < -0.4 is 5.32 Å². The van der Waals surface area contributed by atoms with Crippen LogP contribution in [0.4, 0.5) is 18.9 Å². The standard InChI is InChI=1S/C13H16F3NO2/c1-9-5-10(2)7-11(6-9)17-12(18)3-4-19-8-13(14,15)16/h5-7H,3-4,8H2,1-2H3,(H,17,18). The Morgan fingerprint density at radius 1 is 1.21 bits per heavy atom. The SMILES string of the molecule is Cc1cc(C)cc(NC(=O)CCOCC(F)(F)F)c1. The lowest BCUT2D eigenvalue weighted by Crippen LogP contribution is -2.20. The van der Waals surface area contributed by atoms with E-state index >= 15 is 0 Å². The molecule has 1 aromatic carbocycles. The summed E-state index contributed by atoms with van der Waals surface area (Å²) in [6.45, 7) is 2.21. The van der Waals surface area contributed by atoms with Crippen molar-refractivity contribution in [1.82, 2.24) is 0 Å². The second kappa shape index (κ2) is 6.56. The molecule has 0 spiro atoms. The first-order valence-corrected chi connectivity index (χ1v) is 5.79. The molecule has 3 nitrogen and oxygen atoms in total. The monoisotopic (exact) mass is 275 g/mol. The lowest BCUT2D eigenvalue weighted by atomic mass is 10.1. The predicted molar refractivity (Wildman–Crippen MR) is 66.0 cm³/mol. The van der Waals surface area contributed by atoms with Gasteiger partial charge in [0.25, 0.3) is 0 Å². The zero-order chi connectivity index (χ0) is 14.5. The first-order chi connectivity index (χ1) is 8.76. The molecule has 6 heteroatoms. The van der Waals surface area contributed by atoms with Gasteiger partial charge in [-0.05, 0) is 37.1 Å². The van der Waals surface area contributed by atoms with Crippen LogP contribution in [-0.2, 0) is 9.53 Å². The van der Waals surface area contributed by atoms with E-state index in [-0.39, 0.29) is 18.9 Å². The van der Waals surface area contributed by atoms with Crippen LogP contribution in [0.25, 0.3) is 0 Å². The van der Waals surface area contributed by atoms with Crippen molar-refractivity contribution in [1.29, 1.82) is 0 Å². The Morgan fingerprint density at radius 3 is 2.32 bits per heavy atom. The quantitative estimate of drug-likeness (QED) is 0.838. The van der Waals surface area contributed by atoms with Crippen LogP contribution >= 0.6 is 0 Å². The largest absolute Gasteiger partial charge is 0.411 e. The molecule has 1 rings (SSSR count). The number of benzene rings is 1. The molecule has 0 atom stereocenters. The zero-order valence-electron chi connectivity index (χ0n) is 10.8. The van der Waals surface area contributed by atoms with Crippen molar-refractivity contribution in [3.63, 3.8) is 0 Å². The van der Waals surface area contributed by atoms with E-state index in [4.69, 9.17) is 0 Å². The zero-order valence-corrected chi connectivity index (χ0v) is 10.8. The van der Waals surface area contributed by atoms with Gasteiger partial charge in [-0.3, -0.25) is 4.79 Å². The van der Waals surface area contributed by atoms with E-state index in [0.29, 0.717) is 5.69 Å². The van der Waals surface area contributed by atoms with Crippen molar-refractivity contribution in [2.45, 2.75) is 26.4 Å². The molecule has 0 aliphatic carbocycles. The smallest absolute Gasteiger partial charge is 0.372 e. The number of amides is 1. The van der Waals surface area contributed by atoms with Gasteiger partial charge in [0, 0.05) is 5.69 Å². The van der Waals surface area contributed by atoms with Gasteiger partial charge in [0.1, 0.15) is 6.61 Å². The maximum Gasteiger partial charge on any atom is 0.411 e. The topological polar surface area (TPSA) is 38.3 Å². The highest BCUT2D eigenvalue weighted by Gasteiger charge is 2.27. The lowest BCUT2D eigenvalue weighted by molar-refractivity contribution is -0.174. The van der Waals surface area contributed by atoms with Gasteiger partial charge >= 0.3 is 6.18 Å². The molecule has 0 heterocycles. The number of hydrogen-bond acceptors (Lipinski definition) is 2. The summed E-state index contributed by atoms with van der Waals surface area (Å²) in [6, 6.07) is 5.55. The van der Waals surface area contributed by atoms with E-state index in [1.165, 1.54) is 0 Å². The van der Waals surface area contributed by atoms with Crippen LogP contribution in [0.1, 0.15) is 17.5 Å². The molecule has 0 fully saturated rings. The van der Waals surface area contributed by atoms with Crippen molar-refractivity contribution >= 4 is 11.6 Å². The summed E-state index contributed by atoms with van der Waals surface area (Å²) in [5.74, 6) is -0.368. The van der Waals surface area contributed by atoms with E-state index in [2.05, 4.69) is 10.1 Å². The van der Waals surface area contributed by atoms with Crippen LogP contribution in [0.2, 0.25) is 0 Å². The van der Waals surface area contributed by atoms with Crippen molar-refractivity contribution in [2.24, 2.45) is 0 Å². The Hall–Kier alpha value is -1.56. The van der Waals surface area contributed by atoms with Gasteiger partial charge in [0.05, 0.1) is 13.0 Å². The Morgan fingerprint density at radius 2 is 1.79 bits per heavy atom. The van der Waals surface area contributed by atoms with E-state index < -0.39 is 12.8 Å². The van der Waals surface area contributed by atoms with E-state index in [0.717, 1.165) is 11.1 Å². The molecule has 106 valence electrons. The predicted octanol–water partition coefficient (Wildman–Crippen LogP) is 3.21. The van der Waals surface area contributed by atoms with E-state index in [9.17, 15) is 18.0 Å². The molecule has 0 bridgehead atoms. The van der Waals surface area contributed by atoms with Gasteiger partial charge in [-0.25, -0.2) is 0 Å². The van der Waals surface area contributed by atoms with Gasteiger partial charge in [0.15, 0.2) is 0 Å². The number of carbonyl (C=O) groups excluding carboxylic acids is 1. The summed E-state index contributed by atoms with van der Waals surface area (Å²) < 4.78 is 39.7. The molecule has 19 heavy (non-hydrogen) atoms. The first kappa shape index (κ1) is 15.5. The Bertz CT molecular complexity index is 424. The second-order valence-corrected chi connectivity index (χ2v) is 4.34. The number of aryl methyl sites for hydroxylation is 2. The fourth-order valence-corrected chi connectivity index (χ4v) is 1.62. The van der Waals surface area contributed by atoms with E-state index in [1.807, 2.05) is 19.9 Å². The normalized spacial score (nSPS) is 11.4. The second-order valence-electron chi connectivity index (χ2n) is 4.34. The van der Waals surface area contributed by atoms with Crippen molar-refractivity contribution < 1.29 is 22.7 Å². The number of alkyl halides is 3. The molecule has 0 unspecified atom stereocenters. The third kappa shape index (κ3) is 6.81. The minimum atomic E-state index is -4.36. The summed E-state index contributed by atoms with van der Waals surface area (Å²) in [5, 5.41) is 2.62. The summed E-state index contributed by atoms with van der Waals surface area (Å²) in [5.41, 5.74) is 2.64.